The monoisotopic (exact) mass is 362 g/mol. The number of amides is 2. The van der Waals surface area contributed by atoms with Crippen LogP contribution < -0.4 is 10.1 Å². The molecule has 1 aromatic rings. The van der Waals surface area contributed by atoms with E-state index < -0.39 is 0 Å². The maximum atomic E-state index is 12.4. The van der Waals surface area contributed by atoms with Crippen molar-refractivity contribution in [3.63, 3.8) is 0 Å². The summed E-state index contributed by atoms with van der Waals surface area (Å²) in [5, 5.41) is 3.44. The second kappa shape index (κ2) is 7.90. The number of hydrogen-bond donors (Lipinski definition) is 1. The lowest BCUT2D eigenvalue weighted by atomic mass is 10.1. The van der Waals surface area contributed by atoms with Crippen LogP contribution in [0.25, 0.3) is 0 Å². The van der Waals surface area contributed by atoms with Gasteiger partial charge in [-0.15, -0.1) is 0 Å². The molecule has 8 nitrogen and oxygen atoms in total. The van der Waals surface area contributed by atoms with Crippen LogP contribution in [0.3, 0.4) is 0 Å². The van der Waals surface area contributed by atoms with Crippen LogP contribution in [0, 0.1) is 0 Å². The van der Waals surface area contributed by atoms with Gasteiger partial charge in [0, 0.05) is 37.8 Å². The van der Waals surface area contributed by atoms with Crippen molar-refractivity contribution in [3.05, 3.63) is 22.9 Å². The minimum atomic E-state index is -0.265. The number of fused-ring (bicyclic) bond motifs is 1. The van der Waals surface area contributed by atoms with Crippen molar-refractivity contribution in [3.8, 4) is 5.88 Å². The second-order valence-corrected chi connectivity index (χ2v) is 6.48. The van der Waals surface area contributed by atoms with Crippen LogP contribution in [0.4, 0.5) is 4.79 Å². The molecule has 1 fully saturated rings. The predicted molar refractivity (Wildman–Crippen MR) is 95.0 cm³/mol. The van der Waals surface area contributed by atoms with Gasteiger partial charge in [0.05, 0.1) is 31.5 Å². The number of pyridine rings is 1. The molecule has 3 heterocycles. The van der Waals surface area contributed by atoms with E-state index in [1.54, 1.807) is 23.8 Å². The molecule has 8 heteroatoms. The Kier molecular flexibility index (Phi) is 5.61. The fourth-order valence-corrected chi connectivity index (χ4v) is 3.42. The summed E-state index contributed by atoms with van der Waals surface area (Å²) in [5.74, 6) is 0.565. The van der Waals surface area contributed by atoms with E-state index in [2.05, 4.69) is 10.3 Å². The zero-order valence-electron chi connectivity index (χ0n) is 15.6. The molecule has 0 radical (unpaired) electrons. The standard InChI is InChI=1S/C18H26N4O4/c1-4-21-11-15-14(17(21)23)8-12(16(20-15)25-3)9-19-13-6-7-22(10-13)18(24)26-5-2/h8,13,19H,4-7,9-11H2,1-3H3/t13-/m1/s1. The molecule has 0 aliphatic carbocycles. The van der Waals surface area contributed by atoms with E-state index in [0.717, 1.165) is 17.7 Å². The molecule has 1 aromatic heterocycles. The van der Waals surface area contributed by atoms with Crippen LogP contribution in [0.1, 0.15) is 41.9 Å². The van der Waals surface area contributed by atoms with E-state index in [4.69, 9.17) is 9.47 Å². The van der Waals surface area contributed by atoms with E-state index in [0.29, 0.717) is 50.8 Å². The summed E-state index contributed by atoms with van der Waals surface area (Å²) < 4.78 is 10.5. The van der Waals surface area contributed by atoms with Crippen molar-refractivity contribution >= 4 is 12.0 Å². The molecule has 26 heavy (non-hydrogen) atoms. The van der Waals surface area contributed by atoms with E-state index in [9.17, 15) is 9.59 Å². The average Bonchev–Trinajstić information content (AvgIpc) is 3.24. The van der Waals surface area contributed by atoms with Crippen molar-refractivity contribution in [1.29, 1.82) is 0 Å². The lowest BCUT2D eigenvalue weighted by molar-refractivity contribution is 0.0786. The van der Waals surface area contributed by atoms with Gasteiger partial charge in [-0.05, 0) is 26.3 Å². The summed E-state index contributed by atoms with van der Waals surface area (Å²) in [6, 6.07) is 2.06. The van der Waals surface area contributed by atoms with Crippen molar-refractivity contribution in [2.75, 3.05) is 33.4 Å². The molecule has 2 aliphatic heterocycles. The Hall–Kier alpha value is -2.35. The first-order chi connectivity index (χ1) is 12.6. The summed E-state index contributed by atoms with van der Waals surface area (Å²) in [5.41, 5.74) is 2.28. The Balaban J connectivity index is 1.65. The summed E-state index contributed by atoms with van der Waals surface area (Å²) >= 11 is 0. The third kappa shape index (κ3) is 3.60. The van der Waals surface area contributed by atoms with Gasteiger partial charge < -0.3 is 24.6 Å². The van der Waals surface area contributed by atoms with Gasteiger partial charge in [-0.1, -0.05) is 0 Å². The molecule has 1 N–H and O–H groups in total. The average molecular weight is 362 g/mol. The molecule has 2 aliphatic rings. The minimum absolute atomic E-state index is 0.0215. The SMILES string of the molecule is CCOC(=O)N1CC[C@@H](NCc2cc3c(nc2OC)CN(CC)C3=O)C1. The molecule has 0 bridgehead atoms. The molecule has 3 rings (SSSR count). The quantitative estimate of drug-likeness (QED) is 0.823. The molecule has 142 valence electrons. The smallest absolute Gasteiger partial charge is 0.409 e. The third-order valence-electron chi connectivity index (χ3n) is 4.87. The molecule has 0 aromatic carbocycles. The van der Waals surface area contributed by atoms with Gasteiger partial charge in [0.25, 0.3) is 5.91 Å². The molecule has 0 unspecified atom stereocenters. The zero-order chi connectivity index (χ0) is 18.7. The normalized spacial score (nSPS) is 19.0. The number of hydrogen-bond acceptors (Lipinski definition) is 6. The Labute approximate surface area is 153 Å². The van der Waals surface area contributed by atoms with Crippen LogP contribution in [0.2, 0.25) is 0 Å². The molecule has 1 atom stereocenters. The maximum absolute atomic E-state index is 12.4. The van der Waals surface area contributed by atoms with Gasteiger partial charge in [0.15, 0.2) is 0 Å². The number of aromatic nitrogens is 1. The second-order valence-electron chi connectivity index (χ2n) is 6.48. The number of nitrogens with zero attached hydrogens (tertiary/aromatic N) is 3. The minimum Gasteiger partial charge on any atom is -0.481 e. The van der Waals surface area contributed by atoms with Gasteiger partial charge in [0.1, 0.15) is 0 Å². The van der Waals surface area contributed by atoms with Crippen LogP contribution in [-0.2, 0) is 17.8 Å². The first-order valence-electron chi connectivity index (χ1n) is 9.08. The van der Waals surface area contributed by atoms with Crippen LogP contribution >= 0.6 is 0 Å². The zero-order valence-corrected chi connectivity index (χ0v) is 15.6. The summed E-state index contributed by atoms with van der Waals surface area (Å²) in [6.07, 6.45) is 0.598. The van der Waals surface area contributed by atoms with Crippen LogP contribution in [0.15, 0.2) is 6.07 Å². The highest BCUT2D eigenvalue weighted by Gasteiger charge is 2.30. The highest BCUT2D eigenvalue weighted by Crippen LogP contribution is 2.27. The highest BCUT2D eigenvalue weighted by atomic mass is 16.6. The molecular formula is C18H26N4O4. The van der Waals surface area contributed by atoms with Crippen molar-refractivity contribution in [1.82, 2.24) is 20.1 Å². The molecule has 0 saturated carbocycles. The Morgan fingerprint density at radius 1 is 1.42 bits per heavy atom. The lowest BCUT2D eigenvalue weighted by Gasteiger charge is -2.17. The predicted octanol–water partition coefficient (Wildman–Crippen LogP) is 1.39. The first-order valence-corrected chi connectivity index (χ1v) is 9.08. The number of likely N-dealkylation sites (tertiary alicyclic amines) is 1. The largest absolute Gasteiger partial charge is 0.481 e. The van der Waals surface area contributed by atoms with E-state index >= 15 is 0 Å². The molecule has 1 saturated heterocycles. The van der Waals surface area contributed by atoms with Crippen LogP contribution in [-0.4, -0.2) is 66.2 Å². The highest BCUT2D eigenvalue weighted by molar-refractivity contribution is 5.98. The van der Waals surface area contributed by atoms with E-state index in [1.807, 2.05) is 13.0 Å². The number of ether oxygens (including phenoxy) is 2. The van der Waals surface area contributed by atoms with Gasteiger partial charge in [-0.25, -0.2) is 9.78 Å². The Bertz CT molecular complexity index is 694. The topological polar surface area (TPSA) is 84.0 Å². The molecule has 2 amide bonds. The first kappa shape index (κ1) is 18.4. The molecule has 0 spiro atoms. The lowest BCUT2D eigenvalue weighted by Crippen LogP contribution is -2.35. The van der Waals surface area contributed by atoms with Crippen molar-refractivity contribution in [2.24, 2.45) is 0 Å². The van der Waals surface area contributed by atoms with Gasteiger partial charge in [-0.3, -0.25) is 4.79 Å². The van der Waals surface area contributed by atoms with E-state index in [1.165, 1.54) is 0 Å². The summed E-state index contributed by atoms with van der Waals surface area (Å²) in [4.78, 5) is 32.2. The Morgan fingerprint density at radius 3 is 2.92 bits per heavy atom. The third-order valence-corrected chi connectivity index (χ3v) is 4.87. The number of carbonyl (C=O) groups is 2. The Morgan fingerprint density at radius 2 is 2.23 bits per heavy atom. The van der Waals surface area contributed by atoms with Crippen LogP contribution in [0.5, 0.6) is 5.88 Å². The number of rotatable bonds is 6. The van der Waals surface area contributed by atoms with Gasteiger partial charge in [0.2, 0.25) is 5.88 Å². The molecular weight excluding hydrogens is 336 g/mol. The van der Waals surface area contributed by atoms with Crippen molar-refractivity contribution < 1.29 is 19.1 Å². The van der Waals surface area contributed by atoms with Crippen molar-refractivity contribution in [2.45, 2.75) is 39.4 Å². The van der Waals surface area contributed by atoms with E-state index in [-0.39, 0.29) is 18.0 Å². The maximum Gasteiger partial charge on any atom is 0.409 e. The van der Waals surface area contributed by atoms with Gasteiger partial charge >= 0.3 is 6.09 Å². The number of nitrogens with one attached hydrogen (secondary N) is 1. The fourth-order valence-electron chi connectivity index (χ4n) is 3.42. The summed E-state index contributed by atoms with van der Waals surface area (Å²) in [6.45, 7) is 7.17. The van der Waals surface area contributed by atoms with Gasteiger partial charge in [-0.2, -0.15) is 0 Å². The number of methoxy groups -OCH3 is 1. The fraction of sp³-hybridized carbons (Fsp3) is 0.611. The number of carbonyl (C=O) groups excluding carboxylic acids is 2. The summed E-state index contributed by atoms with van der Waals surface area (Å²) in [7, 11) is 1.59.